The van der Waals surface area contributed by atoms with E-state index in [4.69, 9.17) is 30.5 Å². The highest BCUT2D eigenvalue weighted by atomic mass is 35.5. The van der Waals surface area contributed by atoms with Gasteiger partial charge in [-0.25, -0.2) is 4.79 Å². The van der Waals surface area contributed by atoms with Crippen molar-refractivity contribution in [3.63, 3.8) is 0 Å². The molecule has 0 fully saturated rings. The standard InChI is InChI=1S/C21H23ClN2O7/c1-12-9-15(22)6-8-16(12)31-13(2)21(27)30-11-19(25)23-24-20(26)14-5-7-17(28-3)18(10-14)29-4/h5-10,13H,11H2,1-4H3,(H,23,25)(H,24,26). The number of carbonyl (C=O) groups excluding carboxylic acids is 3. The van der Waals surface area contributed by atoms with Crippen molar-refractivity contribution in [1.29, 1.82) is 0 Å². The maximum atomic E-state index is 12.2. The highest BCUT2D eigenvalue weighted by molar-refractivity contribution is 6.30. The Bertz CT molecular complexity index is 965. The number of benzene rings is 2. The van der Waals surface area contributed by atoms with E-state index in [1.54, 1.807) is 31.2 Å². The van der Waals surface area contributed by atoms with Gasteiger partial charge in [0.15, 0.2) is 24.2 Å². The van der Waals surface area contributed by atoms with Crippen LogP contribution in [0.1, 0.15) is 22.8 Å². The van der Waals surface area contributed by atoms with Crippen molar-refractivity contribution < 1.29 is 33.3 Å². The summed E-state index contributed by atoms with van der Waals surface area (Å²) in [4.78, 5) is 36.1. The van der Waals surface area contributed by atoms with Gasteiger partial charge in [0, 0.05) is 10.6 Å². The zero-order valence-corrected chi connectivity index (χ0v) is 18.2. The molecule has 0 aliphatic rings. The summed E-state index contributed by atoms with van der Waals surface area (Å²) in [6.45, 7) is 2.68. The molecular weight excluding hydrogens is 428 g/mol. The molecule has 0 spiro atoms. The van der Waals surface area contributed by atoms with Gasteiger partial charge in [-0.15, -0.1) is 0 Å². The predicted molar refractivity (Wildman–Crippen MR) is 112 cm³/mol. The predicted octanol–water partition coefficient (Wildman–Crippen LogP) is 2.44. The van der Waals surface area contributed by atoms with E-state index < -0.39 is 30.5 Å². The first-order valence-electron chi connectivity index (χ1n) is 9.15. The summed E-state index contributed by atoms with van der Waals surface area (Å²) in [6, 6.07) is 9.48. The van der Waals surface area contributed by atoms with Gasteiger partial charge in [-0.2, -0.15) is 0 Å². The van der Waals surface area contributed by atoms with Gasteiger partial charge in [0.25, 0.3) is 11.8 Å². The molecule has 2 aromatic rings. The average molecular weight is 451 g/mol. The maximum absolute atomic E-state index is 12.2. The average Bonchev–Trinajstić information content (AvgIpc) is 2.76. The number of nitrogens with one attached hydrogen (secondary N) is 2. The minimum atomic E-state index is -0.950. The van der Waals surface area contributed by atoms with Crippen molar-refractivity contribution in [2.75, 3.05) is 20.8 Å². The number of hydrazine groups is 1. The number of ether oxygens (including phenoxy) is 4. The van der Waals surface area contributed by atoms with Gasteiger partial charge in [-0.1, -0.05) is 11.6 Å². The Kier molecular flexibility index (Phi) is 8.51. The molecule has 9 nitrogen and oxygen atoms in total. The van der Waals surface area contributed by atoms with Crippen LogP contribution in [0.5, 0.6) is 17.2 Å². The third-order valence-corrected chi connectivity index (χ3v) is 4.31. The van der Waals surface area contributed by atoms with E-state index in [1.807, 2.05) is 0 Å². The lowest BCUT2D eigenvalue weighted by Gasteiger charge is -2.15. The number of aryl methyl sites for hydroxylation is 1. The molecule has 31 heavy (non-hydrogen) atoms. The summed E-state index contributed by atoms with van der Waals surface area (Å²) in [5.74, 6) is -0.760. The van der Waals surface area contributed by atoms with Crippen molar-refractivity contribution in [3.05, 3.63) is 52.5 Å². The van der Waals surface area contributed by atoms with E-state index >= 15 is 0 Å². The lowest BCUT2D eigenvalue weighted by atomic mass is 10.2. The third-order valence-electron chi connectivity index (χ3n) is 4.08. The number of carbonyl (C=O) groups is 3. The van der Waals surface area contributed by atoms with Crippen LogP contribution in [0.2, 0.25) is 5.02 Å². The van der Waals surface area contributed by atoms with Crippen LogP contribution in [0.4, 0.5) is 0 Å². The van der Waals surface area contributed by atoms with Crippen molar-refractivity contribution >= 4 is 29.4 Å². The second kappa shape index (κ2) is 11.1. The number of esters is 1. The summed E-state index contributed by atoms with van der Waals surface area (Å²) in [5, 5.41) is 0.548. The van der Waals surface area contributed by atoms with E-state index in [0.29, 0.717) is 22.3 Å². The molecule has 2 aromatic carbocycles. The summed E-state index contributed by atoms with van der Waals surface area (Å²) in [7, 11) is 2.91. The molecule has 0 aliphatic carbocycles. The van der Waals surface area contributed by atoms with Crippen molar-refractivity contribution in [2.24, 2.45) is 0 Å². The van der Waals surface area contributed by atoms with E-state index in [-0.39, 0.29) is 5.56 Å². The molecule has 0 bridgehead atoms. The first-order chi connectivity index (χ1) is 14.7. The summed E-state index contributed by atoms with van der Waals surface area (Å²) in [6.07, 6.45) is -0.950. The van der Waals surface area contributed by atoms with Gasteiger partial charge in [-0.3, -0.25) is 20.4 Å². The highest BCUT2D eigenvalue weighted by Gasteiger charge is 2.19. The monoisotopic (exact) mass is 450 g/mol. The molecule has 10 heteroatoms. The smallest absolute Gasteiger partial charge is 0.347 e. The van der Waals surface area contributed by atoms with Crippen LogP contribution >= 0.6 is 11.6 Å². The van der Waals surface area contributed by atoms with E-state index in [0.717, 1.165) is 5.56 Å². The van der Waals surface area contributed by atoms with Crippen LogP contribution in [-0.4, -0.2) is 44.7 Å². The molecular formula is C21H23ClN2O7. The number of rotatable bonds is 8. The van der Waals surface area contributed by atoms with Crippen LogP contribution in [-0.2, 0) is 14.3 Å². The number of halogens is 1. The van der Waals surface area contributed by atoms with Crippen LogP contribution < -0.4 is 25.1 Å². The molecule has 0 aromatic heterocycles. The Balaban J connectivity index is 1.80. The van der Waals surface area contributed by atoms with Gasteiger partial charge < -0.3 is 18.9 Å². The molecule has 1 atom stereocenters. The van der Waals surface area contributed by atoms with Gasteiger partial charge >= 0.3 is 5.97 Å². The topological polar surface area (TPSA) is 112 Å². The van der Waals surface area contributed by atoms with Gasteiger partial charge in [0.05, 0.1) is 14.2 Å². The summed E-state index contributed by atoms with van der Waals surface area (Å²) < 4.78 is 20.7. The molecule has 0 saturated carbocycles. The first kappa shape index (κ1) is 23.8. The Morgan fingerprint density at radius 2 is 1.65 bits per heavy atom. The van der Waals surface area contributed by atoms with E-state index in [1.165, 1.54) is 33.3 Å². The van der Waals surface area contributed by atoms with Gasteiger partial charge in [0.2, 0.25) is 0 Å². The fourth-order valence-corrected chi connectivity index (χ4v) is 2.68. The van der Waals surface area contributed by atoms with Crippen LogP contribution in [0, 0.1) is 6.92 Å². The van der Waals surface area contributed by atoms with Crippen LogP contribution in [0.3, 0.4) is 0 Å². The summed E-state index contributed by atoms with van der Waals surface area (Å²) >= 11 is 5.89. The van der Waals surface area contributed by atoms with Crippen LogP contribution in [0.25, 0.3) is 0 Å². The van der Waals surface area contributed by atoms with Gasteiger partial charge in [0.1, 0.15) is 5.75 Å². The highest BCUT2D eigenvalue weighted by Crippen LogP contribution is 2.27. The largest absolute Gasteiger partial charge is 0.493 e. The molecule has 2 N–H and O–H groups in total. The molecule has 1 unspecified atom stereocenters. The zero-order chi connectivity index (χ0) is 23.0. The normalized spacial score (nSPS) is 11.1. The zero-order valence-electron chi connectivity index (χ0n) is 17.5. The molecule has 0 saturated heterocycles. The number of hydrogen-bond donors (Lipinski definition) is 2. The van der Waals surface area contributed by atoms with Gasteiger partial charge in [-0.05, 0) is 55.8 Å². The quantitative estimate of drug-likeness (QED) is 0.469. The molecule has 0 heterocycles. The number of amides is 2. The van der Waals surface area contributed by atoms with Crippen molar-refractivity contribution in [1.82, 2.24) is 10.9 Å². The Morgan fingerprint density at radius 3 is 2.29 bits per heavy atom. The number of methoxy groups -OCH3 is 2. The fraction of sp³-hybridized carbons (Fsp3) is 0.286. The molecule has 166 valence electrons. The van der Waals surface area contributed by atoms with Crippen molar-refractivity contribution in [2.45, 2.75) is 20.0 Å². The molecule has 2 rings (SSSR count). The van der Waals surface area contributed by atoms with Crippen molar-refractivity contribution in [3.8, 4) is 17.2 Å². The molecule has 0 radical (unpaired) electrons. The third kappa shape index (κ3) is 6.78. The minimum absolute atomic E-state index is 0.232. The number of hydrogen-bond acceptors (Lipinski definition) is 7. The second-order valence-electron chi connectivity index (χ2n) is 6.35. The summed E-state index contributed by atoms with van der Waals surface area (Å²) in [5.41, 5.74) is 5.37. The van der Waals surface area contributed by atoms with E-state index in [2.05, 4.69) is 10.9 Å². The Morgan fingerprint density at radius 1 is 0.968 bits per heavy atom. The van der Waals surface area contributed by atoms with E-state index in [9.17, 15) is 14.4 Å². The van der Waals surface area contributed by atoms with Crippen LogP contribution in [0.15, 0.2) is 36.4 Å². The molecule has 2 amide bonds. The SMILES string of the molecule is COc1ccc(C(=O)NNC(=O)COC(=O)C(C)Oc2ccc(Cl)cc2C)cc1OC. The minimum Gasteiger partial charge on any atom is -0.493 e. The lowest BCUT2D eigenvalue weighted by Crippen LogP contribution is -2.44. The fourth-order valence-electron chi connectivity index (χ4n) is 2.45. The maximum Gasteiger partial charge on any atom is 0.347 e. The first-order valence-corrected chi connectivity index (χ1v) is 9.53. The Labute approximate surface area is 184 Å². The second-order valence-corrected chi connectivity index (χ2v) is 6.79. The molecule has 0 aliphatic heterocycles. The lowest BCUT2D eigenvalue weighted by molar-refractivity contribution is -0.154. The Hall–Kier alpha value is -3.46.